The van der Waals surface area contributed by atoms with Crippen molar-refractivity contribution in [1.82, 2.24) is 4.98 Å². The molecule has 2 rings (SSSR count). The van der Waals surface area contributed by atoms with E-state index >= 15 is 0 Å². The van der Waals surface area contributed by atoms with E-state index in [2.05, 4.69) is 4.98 Å². The maximum atomic E-state index is 13.5. The molecule has 0 unspecified atom stereocenters. The fourth-order valence-electron chi connectivity index (χ4n) is 1.43. The summed E-state index contributed by atoms with van der Waals surface area (Å²) in [5.41, 5.74) is 0.908. The molecule has 2 nitrogen and oxygen atoms in total. The topological polar surface area (TPSA) is 26.0 Å². The van der Waals surface area contributed by atoms with Gasteiger partial charge in [0, 0.05) is 12.0 Å². The van der Waals surface area contributed by atoms with Crippen molar-refractivity contribution < 1.29 is 8.81 Å². The van der Waals surface area contributed by atoms with Crippen molar-refractivity contribution in [3.63, 3.8) is 0 Å². The first kappa shape index (κ1) is 10.2. The lowest BCUT2D eigenvalue weighted by Gasteiger charge is -1.99. The van der Waals surface area contributed by atoms with Crippen LogP contribution in [0.15, 0.2) is 28.7 Å². The van der Waals surface area contributed by atoms with E-state index in [0.29, 0.717) is 23.4 Å². The fraction of sp³-hybridized carbons (Fsp3) is 0.182. The van der Waals surface area contributed by atoms with E-state index in [1.54, 1.807) is 18.2 Å². The minimum Gasteiger partial charge on any atom is -0.432 e. The lowest BCUT2D eigenvalue weighted by Crippen LogP contribution is -1.87. The van der Waals surface area contributed by atoms with Crippen molar-refractivity contribution in [2.75, 3.05) is 0 Å². The minimum absolute atomic E-state index is 0.0464. The van der Waals surface area contributed by atoms with Gasteiger partial charge in [-0.3, -0.25) is 0 Å². The molecule has 78 valence electrons. The molecule has 1 heterocycles. The predicted octanol–water partition coefficient (Wildman–Crippen LogP) is 3.70. The summed E-state index contributed by atoms with van der Waals surface area (Å²) in [6, 6.07) is 6.42. The van der Waals surface area contributed by atoms with Gasteiger partial charge < -0.3 is 4.42 Å². The third-order valence-corrected chi connectivity index (χ3v) is 2.28. The lowest BCUT2D eigenvalue weighted by atomic mass is 10.1. The first-order valence-corrected chi connectivity index (χ1v) is 5.00. The molecule has 0 saturated heterocycles. The Morgan fingerprint density at radius 2 is 2.13 bits per heavy atom. The van der Waals surface area contributed by atoms with Gasteiger partial charge in [-0.25, -0.2) is 4.39 Å². The van der Waals surface area contributed by atoms with Gasteiger partial charge in [-0.15, -0.1) is 0 Å². The molecule has 4 heteroatoms. The Kier molecular flexibility index (Phi) is 2.73. The quantitative estimate of drug-likeness (QED) is 0.779. The third kappa shape index (κ3) is 1.88. The smallest absolute Gasteiger partial charge is 0.292 e. The van der Waals surface area contributed by atoms with Crippen molar-refractivity contribution in [2.24, 2.45) is 0 Å². The summed E-state index contributed by atoms with van der Waals surface area (Å²) in [6.07, 6.45) is 0.628. The summed E-state index contributed by atoms with van der Waals surface area (Å²) in [5.74, 6) is 0.280. The molecule has 0 aliphatic heterocycles. The van der Waals surface area contributed by atoms with Gasteiger partial charge in [-0.2, -0.15) is 4.98 Å². The van der Waals surface area contributed by atoms with Crippen LogP contribution < -0.4 is 0 Å². The molecule has 0 bridgehead atoms. The highest BCUT2D eigenvalue weighted by Crippen LogP contribution is 2.28. The molecule has 0 atom stereocenters. The van der Waals surface area contributed by atoms with Gasteiger partial charge in [0.15, 0.2) is 0 Å². The normalized spacial score (nSPS) is 10.6. The third-order valence-electron chi connectivity index (χ3n) is 2.12. The lowest BCUT2D eigenvalue weighted by molar-refractivity contribution is 0.512. The Hall–Kier alpha value is -1.35. The second-order valence-corrected chi connectivity index (χ2v) is 3.40. The van der Waals surface area contributed by atoms with E-state index in [1.807, 2.05) is 6.92 Å². The van der Waals surface area contributed by atoms with Gasteiger partial charge in [0.1, 0.15) is 17.3 Å². The Morgan fingerprint density at radius 3 is 2.80 bits per heavy atom. The van der Waals surface area contributed by atoms with Crippen LogP contribution in [-0.4, -0.2) is 4.98 Å². The van der Waals surface area contributed by atoms with Crippen LogP contribution >= 0.6 is 11.6 Å². The molecule has 2 aromatic rings. The number of nitrogens with zero attached hydrogens (tertiary/aromatic N) is 1. The van der Waals surface area contributed by atoms with Crippen molar-refractivity contribution in [1.29, 1.82) is 0 Å². The van der Waals surface area contributed by atoms with Crippen molar-refractivity contribution in [3.8, 4) is 11.3 Å². The SMILES string of the molecule is CCc1oc(Cl)nc1-c1ccccc1F. The summed E-state index contributed by atoms with van der Waals surface area (Å²) in [5, 5.41) is 0.0464. The van der Waals surface area contributed by atoms with Crippen molar-refractivity contribution in [2.45, 2.75) is 13.3 Å². The molecule has 0 amide bonds. The van der Waals surface area contributed by atoms with Crippen LogP contribution in [0.1, 0.15) is 12.7 Å². The van der Waals surface area contributed by atoms with Crippen LogP contribution in [0.25, 0.3) is 11.3 Å². The largest absolute Gasteiger partial charge is 0.432 e. The van der Waals surface area contributed by atoms with Crippen LogP contribution in [-0.2, 0) is 6.42 Å². The van der Waals surface area contributed by atoms with E-state index in [9.17, 15) is 4.39 Å². The Balaban J connectivity index is 2.58. The van der Waals surface area contributed by atoms with Crippen LogP contribution in [0.4, 0.5) is 4.39 Å². The molecule has 0 radical (unpaired) electrons. The monoisotopic (exact) mass is 225 g/mol. The number of aromatic nitrogens is 1. The Morgan fingerprint density at radius 1 is 1.40 bits per heavy atom. The maximum Gasteiger partial charge on any atom is 0.292 e. The molecule has 0 fully saturated rings. The molecule has 0 aliphatic rings. The van der Waals surface area contributed by atoms with E-state index < -0.39 is 0 Å². The van der Waals surface area contributed by atoms with Gasteiger partial charge in [-0.05, 0) is 23.7 Å². The summed E-state index contributed by atoms with van der Waals surface area (Å²) < 4.78 is 18.6. The van der Waals surface area contributed by atoms with Gasteiger partial charge in [0.2, 0.25) is 0 Å². The van der Waals surface area contributed by atoms with E-state index in [1.165, 1.54) is 6.07 Å². The first-order chi connectivity index (χ1) is 7.22. The summed E-state index contributed by atoms with van der Waals surface area (Å²) in [4.78, 5) is 3.97. The second kappa shape index (κ2) is 4.03. The van der Waals surface area contributed by atoms with Gasteiger partial charge >= 0.3 is 0 Å². The molecule has 0 saturated carbocycles. The van der Waals surface area contributed by atoms with Crippen molar-refractivity contribution in [3.05, 3.63) is 41.2 Å². The molecule has 1 aromatic heterocycles. The zero-order chi connectivity index (χ0) is 10.8. The van der Waals surface area contributed by atoms with E-state index in [4.69, 9.17) is 16.0 Å². The highest BCUT2D eigenvalue weighted by molar-refractivity contribution is 6.27. The number of benzene rings is 1. The predicted molar refractivity (Wildman–Crippen MR) is 56.3 cm³/mol. The standard InChI is InChI=1S/C11H9ClFNO/c1-2-9-10(14-11(12)15-9)7-5-3-4-6-8(7)13/h3-6H,2H2,1H3. The molecule has 1 aromatic carbocycles. The Labute approximate surface area is 91.7 Å². The van der Waals surface area contributed by atoms with E-state index in [0.717, 1.165) is 0 Å². The number of hydrogen-bond donors (Lipinski definition) is 0. The minimum atomic E-state index is -0.322. The number of aryl methyl sites for hydroxylation is 1. The molecular weight excluding hydrogens is 217 g/mol. The number of hydrogen-bond acceptors (Lipinski definition) is 2. The Bertz CT molecular complexity index is 481. The first-order valence-electron chi connectivity index (χ1n) is 4.62. The number of halogens is 2. The molecule has 0 N–H and O–H groups in total. The zero-order valence-corrected chi connectivity index (χ0v) is 8.88. The van der Waals surface area contributed by atoms with Crippen LogP contribution in [0, 0.1) is 5.82 Å². The van der Waals surface area contributed by atoms with Crippen LogP contribution in [0.5, 0.6) is 0 Å². The van der Waals surface area contributed by atoms with Gasteiger partial charge in [0.05, 0.1) is 0 Å². The second-order valence-electron chi connectivity index (χ2n) is 3.07. The average Bonchev–Trinajstić information content (AvgIpc) is 2.60. The molecule has 0 aliphatic carbocycles. The highest BCUT2D eigenvalue weighted by atomic mass is 35.5. The van der Waals surface area contributed by atoms with Gasteiger partial charge in [0.25, 0.3) is 5.35 Å². The molecule has 0 spiro atoms. The molecule has 15 heavy (non-hydrogen) atoms. The van der Waals surface area contributed by atoms with Crippen LogP contribution in [0.3, 0.4) is 0 Å². The summed E-state index contributed by atoms with van der Waals surface area (Å²) in [6.45, 7) is 1.90. The highest BCUT2D eigenvalue weighted by Gasteiger charge is 2.15. The van der Waals surface area contributed by atoms with Crippen LogP contribution in [0.2, 0.25) is 5.35 Å². The van der Waals surface area contributed by atoms with Gasteiger partial charge in [-0.1, -0.05) is 19.1 Å². The number of rotatable bonds is 2. The summed E-state index contributed by atoms with van der Waals surface area (Å²) in [7, 11) is 0. The molecular formula is C11H9ClFNO. The fourth-order valence-corrected chi connectivity index (χ4v) is 1.60. The summed E-state index contributed by atoms with van der Waals surface area (Å²) >= 11 is 5.65. The number of oxazole rings is 1. The maximum absolute atomic E-state index is 13.5. The zero-order valence-electron chi connectivity index (χ0n) is 8.13. The average molecular weight is 226 g/mol. The van der Waals surface area contributed by atoms with E-state index in [-0.39, 0.29) is 11.2 Å². The van der Waals surface area contributed by atoms with Crippen molar-refractivity contribution >= 4 is 11.6 Å².